The first-order chi connectivity index (χ1) is 7.33. The van der Waals surface area contributed by atoms with Gasteiger partial charge in [-0.2, -0.15) is 5.26 Å². The van der Waals surface area contributed by atoms with Crippen LogP contribution in [-0.2, 0) is 9.53 Å². The molecule has 0 aliphatic carbocycles. The van der Waals surface area contributed by atoms with Gasteiger partial charge in [0.15, 0.2) is 0 Å². The van der Waals surface area contributed by atoms with Crippen LogP contribution in [0.5, 0.6) is 0 Å². The molecule has 84 valence electrons. The molecule has 1 aliphatic heterocycles. The summed E-state index contributed by atoms with van der Waals surface area (Å²) in [5, 5.41) is 14.1. The first kappa shape index (κ1) is 12.0. The van der Waals surface area contributed by atoms with E-state index in [1.165, 1.54) is 0 Å². The van der Waals surface area contributed by atoms with Crippen molar-refractivity contribution in [3.8, 4) is 6.07 Å². The largest absolute Gasteiger partial charge is 0.371 e. The summed E-state index contributed by atoms with van der Waals surface area (Å²) in [6, 6.07) is 1.96. The number of nitriles is 1. The van der Waals surface area contributed by atoms with E-state index in [0.29, 0.717) is 25.5 Å². The second-order valence-electron chi connectivity index (χ2n) is 3.63. The van der Waals surface area contributed by atoms with Crippen molar-refractivity contribution in [3.05, 3.63) is 0 Å². The fourth-order valence-electron chi connectivity index (χ4n) is 1.48. The molecule has 0 spiro atoms. The second kappa shape index (κ2) is 7.21. The maximum absolute atomic E-state index is 11.1. The molecule has 5 nitrogen and oxygen atoms in total. The molecule has 0 aromatic heterocycles. The van der Waals surface area contributed by atoms with Crippen LogP contribution in [0.4, 0.5) is 0 Å². The highest BCUT2D eigenvalue weighted by atomic mass is 16.5. The predicted octanol–water partition coefficient (Wildman–Crippen LogP) is -0.358. The van der Waals surface area contributed by atoms with Gasteiger partial charge < -0.3 is 15.4 Å². The van der Waals surface area contributed by atoms with E-state index >= 15 is 0 Å². The van der Waals surface area contributed by atoms with Gasteiger partial charge >= 0.3 is 0 Å². The normalized spacial score (nSPS) is 19.8. The molecular weight excluding hydrogens is 194 g/mol. The number of amides is 1. The molecule has 1 atom stereocenters. The van der Waals surface area contributed by atoms with Crippen LogP contribution in [-0.4, -0.2) is 38.8 Å². The third kappa shape index (κ3) is 5.35. The zero-order valence-electron chi connectivity index (χ0n) is 8.79. The van der Waals surface area contributed by atoms with Gasteiger partial charge in [-0.15, -0.1) is 0 Å². The van der Waals surface area contributed by atoms with Gasteiger partial charge in [-0.05, 0) is 18.9 Å². The molecule has 0 aromatic carbocycles. The predicted molar refractivity (Wildman–Crippen MR) is 55.0 cm³/mol. The van der Waals surface area contributed by atoms with Gasteiger partial charge in [-0.3, -0.25) is 4.79 Å². The van der Waals surface area contributed by atoms with Crippen molar-refractivity contribution in [1.29, 1.82) is 5.26 Å². The van der Waals surface area contributed by atoms with Gasteiger partial charge in [-0.1, -0.05) is 0 Å². The summed E-state index contributed by atoms with van der Waals surface area (Å²) in [5.41, 5.74) is 0. The topological polar surface area (TPSA) is 74.2 Å². The Morgan fingerprint density at radius 2 is 2.53 bits per heavy atom. The minimum atomic E-state index is -0.142. The number of hydrogen-bond acceptors (Lipinski definition) is 4. The van der Waals surface area contributed by atoms with Crippen molar-refractivity contribution in [2.75, 3.05) is 32.8 Å². The van der Waals surface area contributed by atoms with Gasteiger partial charge in [0.1, 0.15) is 6.61 Å². The van der Waals surface area contributed by atoms with Crippen LogP contribution in [0.1, 0.15) is 12.8 Å². The quantitative estimate of drug-likeness (QED) is 0.588. The lowest BCUT2D eigenvalue weighted by Crippen LogP contribution is -2.29. The van der Waals surface area contributed by atoms with Gasteiger partial charge in [0, 0.05) is 13.1 Å². The minimum Gasteiger partial charge on any atom is -0.371 e. The van der Waals surface area contributed by atoms with E-state index in [9.17, 15) is 4.79 Å². The average molecular weight is 211 g/mol. The van der Waals surface area contributed by atoms with E-state index in [1.807, 2.05) is 6.07 Å². The standard InChI is InChI=1S/C10H17N3O2/c11-3-1-4-13-10(14)8-15-7-9-2-5-12-6-9/h9,12H,1-2,4-8H2,(H,13,14). The minimum absolute atomic E-state index is 0.0991. The van der Waals surface area contributed by atoms with Crippen LogP contribution in [0.25, 0.3) is 0 Å². The number of nitrogens with one attached hydrogen (secondary N) is 2. The number of rotatable bonds is 6. The SMILES string of the molecule is N#CCCNC(=O)COCC1CCNC1. The highest BCUT2D eigenvalue weighted by molar-refractivity contribution is 5.77. The highest BCUT2D eigenvalue weighted by Crippen LogP contribution is 2.06. The van der Waals surface area contributed by atoms with Crippen molar-refractivity contribution in [2.24, 2.45) is 5.92 Å². The van der Waals surface area contributed by atoms with Crippen molar-refractivity contribution < 1.29 is 9.53 Å². The summed E-state index contributed by atoms with van der Waals surface area (Å²) in [4.78, 5) is 11.1. The molecule has 0 saturated carbocycles. The lowest BCUT2D eigenvalue weighted by molar-refractivity contribution is -0.126. The summed E-state index contributed by atoms with van der Waals surface area (Å²) in [6.45, 7) is 3.17. The molecular formula is C10H17N3O2. The van der Waals surface area contributed by atoms with Gasteiger partial charge in [0.05, 0.1) is 19.1 Å². The van der Waals surface area contributed by atoms with Crippen LogP contribution in [0.15, 0.2) is 0 Å². The molecule has 5 heteroatoms. The number of ether oxygens (including phenoxy) is 1. The van der Waals surface area contributed by atoms with E-state index in [2.05, 4.69) is 10.6 Å². The third-order valence-electron chi connectivity index (χ3n) is 2.31. The molecule has 1 saturated heterocycles. The van der Waals surface area contributed by atoms with Crippen molar-refractivity contribution >= 4 is 5.91 Å². The molecule has 0 aromatic rings. The Bertz CT molecular complexity index is 231. The zero-order chi connectivity index (χ0) is 10.9. The second-order valence-corrected chi connectivity index (χ2v) is 3.63. The number of nitrogens with zero attached hydrogens (tertiary/aromatic N) is 1. The fourth-order valence-corrected chi connectivity index (χ4v) is 1.48. The van der Waals surface area contributed by atoms with Crippen molar-refractivity contribution in [3.63, 3.8) is 0 Å². The van der Waals surface area contributed by atoms with Crippen molar-refractivity contribution in [2.45, 2.75) is 12.8 Å². The lowest BCUT2D eigenvalue weighted by Gasteiger charge is -2.08. The van der Waals surface area contributed by atoms with Crippen LogP contribution >= 0.6 is 0 Å². The summed E-state index contributed by atoms with van der Waals surface area (Å²) >= 11 is 0. The monoisotopic (exact) mass is 211 g/mol. The molecule has 1 amide bonds. The first-order valence-corrected chi connectivity index (χ1v) is 5.25. The van der Waals surface area contributed by atoms with Gasteiger partial charge in [-0.25, -0.2) is 0 Å². The number of carbonyl (C=O) groups excluding carboxylic acids is 1. The average Bonchev–Trinajstić information content (AvgIpc) is 2.71. The maximum atomic E-state index is 11.1. The van der Waals surface area contributed by atoms with Crippen LogP contribution in [0.2, 0.25) is 0 Å². The molecule has 1 aliphatic rings. The molecule has 15 heavy (non-hydrogen) atoms. The molecule has 1 unspecified atom stereocenters. The summed E-state index contributed by atoms with van der Waals surface area (Å²) in [5.74, 6) is 0.396. The number of carbonyl (C=O) groups is 1. The lowest BCUT2D eigenvalue weighted by atomic mass is 10.1. The molecule has 1 rings (SSSR count). The Kier molecular flexibility index (Phi) is 5.74. The van der Waals surface area contributed by atoms with E-state index in [0.717, 1.165) is 19.5 Å². The fraction of sp³-hybridized carbons (Fsp3) is 0.800. The van der Waals surface area contributed by atoms with Gasteiger partial charge in [0.2, 0.25) is 5.91 Å². The molecule has 2 N–H and O–H groups in total. The van der Waals surface area contributed by atoms with E-state index in [4.69, 9.17) is 10.00 Å². The van der Waals surface area contributed by atoms with Crippen LogP contribution < -0.4 is 10.6 Å². The van der Waals surface area contributed by atoms with Crippen LogP contribution in [0, 0.1) is 17.2 Å². The smallest absolute Gasteiger partial charge is 0.246 e. The Balaban J connectivity index is 1.94. The maximum Gasteiger partial charge on any atom is 0.246 e. The summed E-state index contributed by atoms with van der Waals surface area (Å²) < 4.78 is 5.28. The highest BCUT2D eigenvalue weighted by Gasteiger charge is 2.14. The van der Waals surface area contributed by atoms with E-state index in [-0.39, 0.29) is 12.5 Å². The van der Waals surface area contributed by atoms with E-state index < -0.39 is 0 Å². The Hall–Kier alpha value is -1.12. The molecule has 1 heterocycles. The van der Waals surface area contributed by atoms with Gasteiger partial charge in [0.25, 0.3) is 0 Å². The Labute approximate surface area is 89.8 Å². The Morgan fingerprint density at radius 1 is 1.67 bits per heavy atom. The molecule has 0 bridgehead atoms. The Morgan fingerprint density at radius 3 is 3.20 bits per heavy atom. The summed E-state index contributed by atoms with van der Waals surface area (Å²) in [6.07, 6.45) is 1.47. The number of hydrogen-bond donors (Lipinski definition) is 2. The summed E-state index contributed by atoms with van der Waals surface area (Å²) in [7, 11) is 0. The molecule has 1 fully saturated rings. The van der Waals surface area contributed by atoms with Crippen molar-refractivity contribution in [1.82, 2.24) is 10.6 Å². The van der Waals surface area contributed by atoms with E-state index in [1.54, 1.807) is 0 Å². The van der Waals surface area contributed by atoms with Crippen LogP contribution in [0.3, 0.4) is 0 Å². The molecule has 0 radical (unpaired) electrons. The zero-order valence-corrected chi connectivity index (χ0v) is 8.79. The first-order valence-electron chi connectivity index (χ1n) is 5.25. The third-order valence-corrected chi connectivity index (χ3v) is 2.31.